The van der Waals surface area contributed by atoms with E-state index in [1.165, 1.54) is 0 Å². The summed E-state index contributed by atoms with van der Waals surface area (Å²) in [6.07, 6.45) is 2.38. The summed E-state index contributed by atoms with van der Waals surface area (Å²) < 4.78 is 6.96. The molecule has 2 aromatic heterocycles. The molecule has 0 spiro atoms. The molecule has 2 unspecified atom stereocenters. The summed E-state index contributed by atoms with van der Waals surface area (Å²) in [5.41, 5.74) is 1.91. The molecule has 0 N–H and O–H groups in total. The molecule has 2 bridgehead atoms. The maximum Gasteiger partial charge on any atom is 0.223 e. The molecule has 5 heterocycles. The number of benzene rings is 1. The predicted octanol–water partition coefficient (Wildman–Crippen LogP) is 1.86. The Morgan fingerprint density at radius 1 is 1.10 bits per heavy atom. The zero-order valence-corrected chi connectivity index (χ0v) is 16.7. The molecular formula is C21H24N6O2. The number of rotatable bonds is 5. The highest BCUT2D eigenvalue weighted by atomic mass is 16.5. The van der Waals surface area contributed by atoms with E-state index in [1.54, 1.807) is 11.6 Å². The number of amides is 1. The number of methoxy groups -OCH3 is 1. The van der Waals surface area contributed by atoms with Crippen LogP contribution in [-0.4, -0.2) is 62.9 Å². The van der Waals surface area contributed by atoms with E-state index >= 15 is 0 Å². The van der Waals surface area contributed by atoms with E-state index in [1.807, 2.05) is 43.3 Å². The van der Waals surface area contributed by atoms with Gasteiger partial charge >= 0.3 is 0 Å². The maximum atomic E-state index is 12.8. The molecule has 8 heteroatoms. The lowest BCUT2D eigenvalue weighted by molar-refractivity contribution is -0.146. The fourth-order valence-corrected chi connectivity index (χ4v) is 4.43. The minimum absolute atomic E-state index is 0.250. The molecule has 1 amide bonds. The van der Waals surface area contributed by atoms with Crippen molar-refractivity contribution < 1.29 is 9.53 Å². The second-order valence-electron chi connectivity index (χ2n) is 7.81. The summed E-state index contributed by atoms with van der Waals surface area (Å²) in [7, 11) is 1.66. The lowest BCUT2D eigenvalue weighted by Crippen LogP contribution is -2.70. The van der Waals surface area contributed by atoms with Crippen molar-refractivity contribution in [2.45, 2.75) is 38.3 Å². The van der Waals surface area contributed by atoms with Crippen LogP contribution in [0.4, 0.5) is 5.82 Å². The smallest absolute Gasteiger partial charge is 0.223 e. The fraction of sp³-hybridized carbons (Fsp3) is 0.429. The molecule has 3 saturated heterocycles. The molecule has 3 aromatic rings. The number of aromatic nitrogens is 4. The quantitative estimate of drug-likeness (QED) is 0.660. The van der Waals surface area contributed by atoms with Gasteiger partial charge in [-0.1, -0.05) is 12.1 Å². The molecule has 3 fully saturated rings. The largest absolute Gasteiger partial charge is 0.497 e. The Bertz CT molecular complexity index is 1040. The van der Waals surface area contributed by atoms with Gasteiger partial charge in [-0.2, -0.15) is 4.52 Å². The SMILES string of the molecule is COc1ccc(CCC(=O)N2C3CC2CN(c2ccc4nnc(C)n4n2)C3)cc1. The van der Waals surface area contributed by atoms with E-state index in [-0.39, 0.29) is 18.0 Å². The van der Waals surface area contributed by atoms with E-state index < -0.39 is 0 Å². The van der Waals surface area contributed by atoms with Gasteiger partial charge < -0.3 is 14.5 Å². The van der Waals surface area contributed by atoms with Gasteiger partial charge in [-0.05, 0) is 49.6 Å². The Morgan fingerprint density at radius 2 is 1.86 bits per heavy atom. The maximum absolute atomic E-state index is 12.8. The van der Waals surface area contributed by atoms with Crippen LogP contribution in [-0.2, 0) is 11.2 Å². The molecule has 2 atom stereocenters. The highest BCUT2D eigenvalue weighted by molar-refractivity contribution is 5.78. The molecule has 6 rings (SSSR count). The topological polar surface area (TPSA) is 75.9 Å². The van der Waals surface area contributed by atoms with E-state index in [0.29, 0.717) is 6.42 Å². The number of piperidine rings is 1. The summed E-state index contributed by atoms with van der Waals surface area (Å²) in [5, 5.41) is 12.8. The Hall–Kier alpha value is -3.16. The van der Waals surface area contributed by atoms with Gasteiger partial charge in [-0.3, -0.25) is 4.79 Å². The van der Waals surface area contributed by atoms with Crippen molar-refractivity contribution in [3.8, 4) is 5.75 Å². The minimum atomic E-state index is 0.250. The second kappa shape index (κ2) is 7.02. The molecule has 3 aliphatic rings. The van der Waals surface area contributed by atoms with Crippen LogP contribution in [0.15, 0.2) is 36.4 Å². The molecule has 1 aromatic carbocycles. The number of piperazine rings is 1. The monoisotopic (exact) mass is 392 g/mol. The van der Waals surface area contributed by atoms with Gasteiger partial charge in [0.1, 0.15) is 11.6 Å². The third kappa shape index (κ3) is 3.18. The average Bonchev–Trinajstić information content (AvgIpc) is 3.13. The number of aryl methyl sites for hydroxylation is 2. The predicted molar refractivity (Wildman–Crippen MR) is 108 cm³/mol. The Labute approximate surface area is 169 Å². The minimum Gasteiger partial charge on any atom is -0.497 e. The summed E-state index contributed by atoms with van der Waals surface area (Å²) in [6, 6.07) is 12.4. The van der Waals surface area contributed by atoms with Crippen molar-refractivity contribution in [3.63, 3.8) is 0 Å². The van der Waals surface area contributed by atoms with Crippen molar-refractivity contribution in [1.82, 2.24) is 24.7 Å². The standard InChI is InChI=1S/C21H24N6O2/c1-14-22-23-19-8-9-20(24-27(14)19)25-12-16-11-17(13-25)26(16)21(28)10-5-15-3-6-18(29-2)7-4-15/h3-4,6-9,16-17H,5,10-13H2,1-2H3. The fourth-order valence-electron chi connectivity index (χ4n) is 4.43. The van der Waals surface area contributed by atoms with Crippen molar-refractivity contribution in [2.75, 3.05) is 25.1 Å². The van der Waals surface area contributed by atoms with Gasteiger partial charge in [0.2, 0.25) is 5.91 Å². The van der Waals surface area contributed by atoms with Gasteiger partial charge in [-0.25, -0.2) is 0 Å². The number of carbonyl (C=O) groups is 1. The van der Waals surface area contributed by atoms with Crippen LogP contribution < -0.4 is 9.64 Å². The first-order chi connectivity index (χ1) is 14.1. The normalized spacial score (nSPS) is 20.6. The lowest BCUT2D eigenvalue weighted by atomic mass is 9.86. The van der Waals surface area contributed by atoms with Crippen LogP contribution in [0.3, 0.4) is 0 Å². The van der Waals surface area contributed by atoms with Crippen molar-refractivity contribution >= 4 is 17.4 Å². The summed E-state index contributed by atoms with van der Waals surface area (Å²) in [6.45, 7) is 3.54. The van der Waals surface area contributed by atoms with E-state index in [9.17, 15) is 4.79 Å². The highest BCUT2D eigenvalue weighted by Crippen LogP contribution is 2.34. The number of carbonyl (C=O) groups excluding carboxylic acids is 1. The van der Waals surface area contributed by atoms with Gasteiger partial charge in [0.15, 0.2) is 11.5 Å². The van der Waals surface area contributed by atoms with Crippen LogP contribution in [0.25, 0.3) is 5.65 Å². The van der Waals surface area contributed by atoms with Gasteiger partial charge in [0.25, 0.3) is 0 Å². The van der Waals surface area contributed by atoms with Crippen LogP contribution in [0.5, 0.6) is 5.75 Å². The number of ether oxygens (including phenoxy) is 1. The Morgan fingerprint density at radius 3 is 2.59 bits per heavy atom. The third-order valence-electron chi connectivity index (χ3n) is 6.00. The van der Waals surface area contributed by atoms with Gasteiger partial charge in [0, 0.05) is 19.5 Å². The molecule has 0 saturated carbocycles. The van der Waals surface area contributed by atoms with E-state index in [2.05, 4.69) is 25.1 Å². The van der Waals surface area contributed by atoms with Gasteiger partial charge in [0.05, 0.1) is 19.2 Å². The molecule has 150 valence electrons. The van der Waals surface area contributed by atoms with Crippen LogP contribution in [0, 0.1) is 6.92 Å². The number of hydrogen-bond donors (Lipinski definition) is 0. The third-order valence-corrected chi connectivity index (χ3v) is 6.00. The first-order valence-corrected chi connectivity index (χ1v) is 10.0. The molecule has 8 nitrogen and oxygen atoms in total. The summed E-state index contributed by atoms with van der Waals surface area (Å²) in [4.78, 5) is 17.2. The molecule has 0 aliphatic carbocycles. The number of hydrogen-bond acceptors (Lipinski definition) is 6. The number of nitrogens with zero attached hydrogens (tertiary/aromatic N) is 6. The first kappa shape index (κ1) is 17.9. The van der Waals surface area contributed by atoms with E-state index in [4.69, 9.17) is 4.74 Å². The molecule has 0 radical (unpaired) electrons. The van der Waals surface area contributed by atoms with Crippen molar-refractivity contribution in [3.05, 3.63) is 47.8 Å². The summed E-state index contributed by atoms with van der Waals surface area (Å²) >= 11 is 0. The number of fused-ring (bicyclic) bond motifs is 3. The van der Waals surface area contributed by atoms with Gasteiger partial charge in [-0.15, -0.1) is 15.3 Å². The van der Waals surface area contributed by atoms with Crippen LogP contribution >= 0.6 is 0 Å². The van der Waals surface area contributed by atoms with Crippen LogP contribution in [0.2, 0.25) is 0 Å². The van der Waals surface area contributed by atoms with Crippen LogP contribution in [0.1, 0.15) is 24.2 Å². The molecular weight excluding hydrogens is 368 g/mol. The second-order valence-corrected chi connectivity index (χ2v) is 7.81. The first-order valence-electron chi connectivity index (χ1n) is 10.0. The zero-order chi connectivity index (χ0) is 20.0. The molecule has 29 heavy (non-hydrogen) atoms. The lowest BCUT2D eigenvalue weighted by Gasteiger charge is -2.56. The Kier molecular flexibility index (Phi) is 4.34. The zero-order valence-electron chi connectivity index (χ0n) is 16.7. The highest BCUT2D eigenvalue weighted by Gasteiger charge is 2.47. The number of anilines is 1. The average molecular weight is 392 g/mol. The van der Waals surface area contributed by atoms with Crippen molar-refractivity contribution in [1.29, 1.82) is 0 Å². The Balaban J connectivity index is 1.21. The van der Waals surface area contributed by atoms with Crippen molar-refractivity contribution in [2.24, 2.45) is 0 Å². The molecule has 3 aliphatic heterocycles. The van der Waals surface area contributed by atoms with E-state index in [0.717, 1.165) is 54.5 Å². The summed E-state index contributed by atoms with van der Waals surface area (Å²) in [5.74, 6) is 2.78.